The smallest absolute Gasteiger partial charge is 0.227 e. The van der Waals surface area contributed by atoms with Gasteiger partial charge in [-0.15, -0.1) is 0 Å². The first kappa shape index (κ1) is 7.32. The zero-order valence-corrected chi connectivity index (χ0v) is 6.48. The Morgan fingerprint density at radius 2 is 2.20 bits per heavy atom. The maximum absolute atomic E-state index is 11.0. The van der Waals surface area contributed by atoms with E-state index in [1.165, 1.54) is 0 Å². The number of hydrogen-bond donors (Lipinski definition) is 1. The van der Waals surface area contributed by atoms with E-state index in [2.05, 4.69) is 5.32 Å². The Labute approximate surface area is 61.3 Å². The highest BCUT2D eigenvalue weighted by molar-refractivity contribution is 5.82. The standard InChI is InChI=1S/C8H13NO/c1-3-6(2)9-8(10)7-4-5-7/h3,7H,4-5H2,1-2H3,(H,9,10)/b6-3+. The van der Waals surface area contributed by atoms with Crippen molar-refractivity contribution in [1.29, 1.82) is 0 Å². The normalized spacial score (nSPS) is 18.8. The van der Waals surface area contributed by atoms with Crippen LogP contribution in [-0.2, 0) is 4.79 Å². The highest BCUT2D eigenvalue weighted by atomic mass is 16.2. The lowest BCUT2D eigenvalue weighted by molar-refractivity contribution is -0.121. The molecular weight excluding hydrogens is 126 g/mol. The van der Waals surface area contributed by atoms with Crippen LogP contribution in [0.1, 0.15) is 26.7 Å². The summed E-state index contributed by atoms with van der Waals surface area (Å²) in [4.78, 5) is 11.0. The summed E-state index contributed by atoms with van der Waals surface area (Å²) in [6, 6.07) is 0. The molecule has 2 heteroatoms. The lowest BCUT2D eigenvalue weighted by Crippen LogP contribution is -2.22. The van der Waals surface area contributed by atoms with Crippen molar-refractivity contribution in [3.63, 3.8) is 0 Å². The van der Waals surface area contributed by atoms with Gasteiger partial charge in [0.15, 0.2) is 0 Å². The molecule has 0 atom stereocenters. The Bertz CT molecular complexity index is 168. The number of hydrogen-bond acceptors (Lipinski definition) is 1. The predicted octanol–water partition coefficient (Wildman–Crippen LogP) is 1.44. The fourth-order valence-corrected chi connectivity index (χ4v) is 0.714. The van der Waals surface area contributed by atoms with Crippen LogP contribution in [-0.4, -0.2) is 5.91 Å². The van der Waals surface area contributed by atoms with E-state index < -0.39 is 0 Å². The zero-order valence-electron chi connectivity index (χ0n) is 6.48. The molecule has 0 radical (unpaired) electrons. The van der Waals surface area contributed by atoms with Crippen LogP contribution in [0, 0.1) is 5.92 Å². The molecule has 0 aromatic heterocycles. The first-order valence-corrected chi connectivity index (χ1v) is 3.68. The van der Waals surface area contributed by atoms with Crippen molar-refractivity contribution in [1.82, 2.24) is 5.32 Å². The summed E-state index contributed by atoms with van der Waals surface area (Å²) >= 11 is 0. The van der Waals surface area contributed by atoms with Gasteiger partial charge in [-0.3, -0.25) is 4.79 Å². The third kappa shape index (κ3) is 1.87. The molecule has 0 aromatic rings. The molecule has 10 heavy (non-hydrogen) atoms. The number of amides is 1. The minimum absolute atomic E-state index is 0.190. The van der Waals surface area contributed by atoms with Crippen molar-refractivity contribution < 1.29 is 4.79 Å². The average Bonchev–Trinajstić information content (AvgIpc) is 2.68. The van der Waals surface area contributed by atoms with E-state index in [1.54, 1.807) is 0 Å². The molecule has 1 amide bonds. The van der Waals surface area contributed by atoms with Crippen LogP contribution in [0.3, 0.4) is 0 Å². The Kier molecular flexibility index (Phi) is 2.10. The van der Waals surface area contributed by atoms with E-state index >= 15 is 0 Å². The molecule has 1 aliphatic rings. The molecule has 0 unspecified atom stereocenters. The first-order valence-electron chi connectivity index (χ1n) is 3.68. The molecule has 1 saturated carbocycles. The van der Waals surface area contributed by atoms with Gasteiger partial charge in [0.2, 0.25) is 5.91 Å². The topological polar surface area (TPSA) is 29.1 Å². The summed E-state index contributed by atoms with van der Waals surface area (Å²) in [7, 11) is 0. The van der Waals surface area contributed by atoms with E-state index in [-0.39, 0.29) is 5.91 Å². The largest absolute Gasteiger partial charge is 0.330 e. The maximum atomic E-state index is 11.0. The second-order valence-corrected chi connectivity index (χ2v) is 2.74. The quantitative estimate of drug-likeness (QED) is 0.616. The molecule has 1 rings (SSSR count). The third-order valence-electron chi connectivity index (χ3n) is 1.70. The minimum Gasteiger partial charge on any atom is -0.330 e. The van der Waals surface area contributed by atoms with Gasteiger partial charge in [0.25, 0.3) is 0 Å². The molecule has 0 saturated heterocycles. The molecule has 0 aliphatic heterocycles. The number of carbonyl (C=O) groups is 1. The van der Waals surface area contributed by atoms with Crippen LogP contribution in [0.2, 0.25) is 0 Å². The lowest BCUT2D eigenvalue weighted by Gasteiger charge is -2.01. The van der Waals surface area contributed by atoms with Gasteiger partial charge >= 0.3 is 0 Å². The Hall–Kier alpha value is -0.790. The predicted molar refractivity (Wildman–Crippen MR) is 40.3 cm³/mol. The highest BCUT2D eigenvalue weighted by Crippen LogP contribution is 2.28. The van der Waals surface area contributed by atoms with E-state index in [0.717, 1.165) is 18.5 Å². The third-order valence-corrected chi connectivity index (χ3v) is 1.70. The molecule has 1 aliphatic carbocycles. The molecule has 0 spiro atoms. The average molecular weight is 139 g/mol. The molecule has 0 aromatic carbocycles. The van der Waals surface area contributed by atoms with Crippen molar-refractivity contribution in [3.8, 4) is 0 Å². The van der Waals surface area contributed by atoms with Crippen LogP contribution in [0.15, 0.2) is 11.8 Å². The van der Waals surface area contributed by atoms with Gasteiger partial charge in [0.05, 0.1) is 0 Å². The molecule has 2 nitrogen and oxygen atoms in total. The van der Waals surface area contributed by atoms with Crippen molar-refractivity contribution in [2.45, 2.75) is 26.7 Å². The van der Waals surface area contributed by atoms with E-state index in [0.29, 0.717) is 5.92 Å². The number of carbonyl (C=O) groups excluding carboxylic acids is 1. The van der Waals surface area contributed by atoms with Gasteiger partial charge in [-0.05, 0) is 26.7 Å². The second kappa shape index (κ2) is 2.86. The summed E-state index contributed by atoms with van der Waals surface area (Å²) in [6.07, 6.45) is 4.05. The molecule has 1 N–H and O–H groups in total. The van der Waals surface area contributed by atoms with Gasteiger partial charge in [-0.2, -0.15) is 0 Å². The Morgan fingerprint density at radius 3 is 2.60 bits per heavy atom. The van der Waals surface area contributed by atoms with Crippen molar-refractivity contribution >= 4 is 5.91 Å². The monoisotopic (exact) mass is 139 g/mol. The Morgan fingerprint density at radius 1 is 1.60 bits per heavy atom. The van der Waals surface area contributed by atoms with Crippen LogP contribution in [0.4, 0.5) is 0 Å². The first-order chi connectivity index (χ1) is 4.74. The number of nitrogens with one attached hydrogen (secondary N) is 1. The van der Waals surface area contributed by atoms with Gasteiger partial charge in [0.1, 0.15) is 0 Å². The molecule has 1 fully saturated rings. The molecule has 0 bridgehead atoms. The van der Waals surface area contributed by atoms with Gasteiger partial charge < -0.3 is 5.32 Å². The SMILES string of the molecule is C/C=C(\C)NC(=O)C1CC1. The van der Waals surface area contributed by atoms with Crippen LogP contribution >= 0.6 is 0 Å². The van der Waals surface area contributed by atoms with E-state index in [9.17, 15) is 4.79 Å². The highest BCUT2D eigenvalue weighted by Gasteiger charge is 2.29. The van der Waals surface area contributed by atoms with Crippen molar-refractivity contribution in [3.05, 3.63) is 11.8 Å². The van der Waals surface area contributed by atoms with Crippen LogP contribution in [0.25, 0.3) is 0 Å². The van der Waals surface area contributed by atoms with E-state index in [1.807, 2.05) is 19.9 Å². The minimum atomic E-state index is 0.190. The van der Waals surface area contributed by atoms with Crippen molar-refractivity contribution in [2.24, 2.45) is 5.92 Å². The summed E-state index contributed by atoms with van der Waals surface area (Å²) in [6.45, 7) is 3.82. The molecular formula is C8H13NO. The van der Waals surface area contributed by atoms with Gasteiger partial charge in [-0.25, -0.2) is 0 Å². The van der Waals surface area contributed by atoms with Gasteiger partial charge in [0, 0.05) is 11.6 Å². The molecule has 56 valence electrons. The fraction of sp³-hybridized carbons (Fsp3) is 0.625. The van der Waals surface area contributed by atoms with Crippen molar-refractivity contribution in [2.75, 3.05) is 0 Å². The summed E-state index contributed by atoms with van der Waals surface area (Å²) in [5.74, 6) is 0.505. The number of rotatable bonds is 2. The zero-order chi connectivity index (χ0) is 7.56. The summed E-state index contributed by atoms with van der Waals surface area (Å²) in [5.41, 5.74) is 0.955. The lowest BCUT2D eigenvalue weighted by atomic mass is 10.3. The fourth-order valence-electron chi connectivity index (χ4n) is 0.714. The Balaban J connectivity index is 2.30. The van der Waals surface area contributed by atoms with Crippen LogP contribution in [0.5, 0.6) is 0 Å². The second-order valence-electron chi connectivity index (χ2n) is 2.74. The molecule has 0 heterocycles. The summed E-state index contributed by atoms with van der Waals surface area (Å²) in [5, 5.41) is 2.81. The number of allylic oxidation sites excluding steroid dienone is 2. The summed E-state index contributed by atoms with van der Waals surface area (Å²) < 4.78 is 0. The van der Waals surface area contributed by atoms with Gasteiger partial charge in [-0.1, -0.05) is 6.08 Å². The van der Waals surface area contributed by atoms with Crippen LogP contribution < -0.4 is 5.32 Å². The maximum Gasteiger partial charge on any atom is 0.227 e. The van der Waals surface area contributed by atoms with E-state index in [4.69, 9.17) is 0 Å².